The second-order valence-electron chi connectivity index (χ2n) is 3.70. The molecule has 0 saturated carbocycles. The van der Waals surface area contributed by atoms with Crippen LogP contribution in [-0.2, 0) is 4.79 Å². The van der Waals surface area contributed by atoms with E-state index < -0.39 is 0 Å². The van der Waals surface area contributed by atoms with Gasteiger partial charge in [0.2, 0.25) is 5.91 Å². The molecular formula is C10H18N4O. The Hall–Kier alpha value is -1.36. The molecule has 0 spiro atoms. The maximum Gasteiger partial charge on any atom is 0.225 e. The average Bonchev–Trinajstić information content (AvgIpc) is 2.63. The van der Waals surface area contributed by atoms with Crippen molar-refractivity contribution >= 4 is 11.6 Å². The SMILES string of the molecule is CNCCC(=O)Nc1cnn(C(C)C)c1. The Morgan fingerprint density at radius 1 is 1.60 bits per heavy atom. The van der Waals surface area contributed by atoms with Crippen LogP contribution in [0.25, 0.3) is 0 Å². The fourth-order valence-electron chi connectivity index (χ4n) is 1.15. The van der Waals surface area contributed by atoms with Crippen molar-refractivity contribution in [2.45, 2.75) is 26.3 Å². The normalized spacial score (nSPS) is 10.7. The van der Waals surface area contributed by atoms with Gasteiger partial charge >= 0.3 is 0 Å². The van der Waals surface area contributed by atoms with Crippen molar-refractivity contribution < 1.29 is 4.79 Å². The number of anilines is 1. The number of carbonyl (C=O) groups excluding carboxylic acids is 1. The Bertz CT molecular complexity index is 319. The fraction of sp³-hybridized carbons (Fsp3) is 0.600. The first-order valence-electron chi connectivity index (χ1n) is 5.12. The van der Waals surface area contributed by atoms with E-state index in [4.69, 9.17) is 0 Å². The van der Waals surface area contributed by atoms with E-state index in [0.717, 1.165) is 5.69 Å². The van der Waals surface area contributed by atoms with Crippen LogP contribution in [0.3, 0.4) is 0 Å². The zero-order chi connectivity index (χ0) is 11.3. The third kappa shape index (κ3) is 3.71. The lowest BCUT2D eigenvalue weighted by Gasteiger charge is -2.04. The van der Waals surface area contributed by atoms with Gasteiger partial charge in [0, 0.05) is 25.2 Å². The van der Waals surface area contributed by atoms with Crippen molar-refractivity contribution in [2.24, 2.45) is 0 Å². The largest absolute Gasteiger partial charge is 0.323 e. The number of aromatic nitrogens is 2. The minimum absolute atomic E-state index is 0.00709. The number of nitrogens with one attached hydrogen (secondary N) is 2. The summed E-state index contributed by atoms with van der Waals surface area (Å²) in [4.78, 5) is 11.4. The van der Waals surface area contributed by atoms with E-state index in [1.54, 1.807) is 6.20 Å². The summed E-state index contributed by atoms with van der Waals surface area (Å²) in [5.41, 5.74) is 0.754. The van der Waals surface area contributed by atoms with Crippen LogP contribution in [0.5, 0.6) is 0 Å². The van der Waals surface area contributed by atoms with Crippen molar-refractivity contribution in [3.63, 3.8) is 0 Å². The molecule has 1 aromatic rings. The minimum Gasteiger partial charge on any atom is -0.323 e. The number of hydrogen-bond acceptors (Lipinski definition) is 3. The van der Waals surface area contributed by atoms with Gasteiger partial charge in [0.15, 0.2) is 0 Å². The van der Waals surface area contributed by atoms with Crippen molar-refractivity contribution in [1.29, 1.82) is 0 Å². The lowest BCUT2D eigenvalue weighted by Crippen LogP contribution is -2.18. The highest BCUT2D eigenvalue weighted by atomic mass is 16.1. The van der Waals surface area contributed by atoms with Gasteiger partial charge in [-0.05, 0) is 20.9 Å². The van der Waals surface area contributed by atoms with E-state index in [2.05, 4.69) is 15.7 Å². The molecule has 0 bridgehead atoms. The van der Waals surface area contributed by atoms with Gasteiger partial charge in [-0.3, -0.25) is 9.48 Å². The van der Waals surface area contributed by atoms with Gasteiger partial charge in [-0.25, -0.2) is 0 Å². The Kier molecular flexibility index (Phi) is 4.30. The first-order valence-corrected chi connectivity index (χ1v) is 5.12. The summed E-state index contributed by atoms with van der Waals surface area (Å²) in [6, 6.07) is 0.313. The molecule has 0 atom stereocenters. The smallest absolute Gasteiger partial charge is 0.225 e. The maximum absolute atomic E-state index is 11.4. The molecular weight excluding hydrogens is 192 g/mol. The van der Waals surface area contributed by atoms with E-state index in [0.29, 0.717) is 19.0 Å². The summed E-state index contributed by atoms with van der Waals surface area (Å²) in [6.07, 6.45) is 3.97. The second kappa shape index (κ2) is 5.50. The molecule has 1 heterocycles. The minimum atomic E-state index is 0.00709. The Balaban J connectivity index is 2.46. The maximum atomic E-state index is 11.4. The van der Waals surface area contributed by atoms with Gasteiger partial charge in [-0.15, -0.1) is 0 Å². The molecule has 0 fully saturated rings. The van der Waals surface area contributed by atoms with Crippen LogP contribution in [-0.4, -0.2) is 29.3 Å². The van der Waals surface area contributed by atoms with Gasteiger partial charge in [0.25, 0.3) is 0 Å². The molecule has 0 aliphatic rings. The van der Waals surface area contributed by atoms with Crippen LogP contribution >= 0.6 is 0 Å². The zero-order valence-corrected chi connectivity index (χ0v) is 9.45. The molecule has 5 heteroatoms. The molecule has 0 aromatic carbocycles. The third-order valence-corrected chi connectivity index (χ3v) is 2.02. The molecule has 0 radical (unpaired) electrons. The van der Waals surface area contributed by atoms with E-state index in [9.17, 15) is 4.79 Å². The van der Waals surface area contributed by atoms with E-state index in [1.165, 1.54) is 0 Å². The third-order valence-electron chi connectivity index (χ3n) is 2.02. The molecule has 2 N–H and O–H groups in total. The van der Waals surface area contributed by atoms with Crippen molar-refractivity contribution in [2.75, 3.05) is 18.9 Å². The number of rotatable bonds is 5. The van der Waals surface area contributed by atoms with Crippen LogP contribution in [0.2, 0.25) is 0 Å². The van der Waals surface area contributed by atoms with E-state index in [1.807, 2.05) is 31.8 Å². The molecule has 0 aliphatic heterocycles. The molecule has 0 unspecified atom stereocenters. The second-order valence-corrected chi connectivity index (χ2v) is 3.70. The lowest BCUT2D eigenvalue weighted by molar-refractivity contribution is -0.116. The van der Waals surface area contributed by atoms with Crippen LogP contribution in [0.4, 0.5) is 5.69 Å². The van der Waals surface area contributed by atoms with Crippen LogP contribution in [0, 0.1) is 0 Å². The Labute approximate surface area is 89.9 Å². The van der Waals surface area contributed by atoms with Crippen molar-refractivity contribution in [3.8, 4) is 0 Å². The molecule has 5 nitrogen and oxygen atoms in total. The summed E-state index contributed by atoms with van der Waals surface area (Å²) in [5.74, 6) is 0.00709. The van der Waals surface area contributed by atoms with Gasteiger partial charge in [-0.1, -0.05) is 0 Å². The standard InChI is InChI=1S/C10H18N4O/c1-8(2)14-7-9(6-12-14)13-10(15)4-5-11-3/h6-8,11H,4-5H2,1-3H3,(H,13,15). The van der Waals surface area contributed by atoms with E-state index in [-0.39, 0.29) is 5.91 Å². The highest BCUT2D eigenvalue weighted by molar-refractivity contribution is 5.90. The topological polar surface area (TPSA) is 59.0 Å². The monoisotopic (exact) mass is 210 g/mol. The first kappa shape index (κ1) is 11.7. The number of amides is 1. The molecule has 0 aliphatic carbocycles. The van der Waals surface area contributed by atoms with Gasteiger partial charge in [0.1, 0.15) is 0 Å². The number of hydrogen-bond donors (Lipinski definition) is 2. The summed E-state index contributed by atoms with van der Waals surface area (Å²) in [6.45, 7) is 4.77. The lowest BCUT2D eigenvalue weighted by atomic mass is 10.4. The molecule has 0 saturated heterocycles. The summed E-state index contributed by atoms with van der Waals surface area (Å²) >= 11 is 0. The predicted octanol–water partition coefficient (Wildman–Crippen LogP) is 1.01. The summed E-state index contributed by atoms with van der Waals surface area (Å²) < 4.78 is 1.81. The quantitative estimate of drug-likeness (QED) is 0.762. The molecule has 1 aromatic heterocycles. The molecule has 84 valence electrons. The van der Waals surface area contributed by atoms with E-state index >= 15 is 0 Å². The van der Waals surface area contributed by atoms with Crippen LogP contribution < -0.4 is 10.6 Å². The van der Waals surface area contributed by atoms with Crippen molar-refractivity contribution in [3.05, 3.63) is 12.4 Å². The van der Waals surface area contributed by atoms with Crippen LogP contribution in [0.15, 0.2) is 12.4 Å². The predicted molar refractivity (Wildman–Crippen MR) is 59.8 cm³/mol. The van der Waals surface area contributed by atoms with Gasteiger partial charge < -0.3 is 10.6 Å². The number of carbonyl (C=O) groups is 1. The summed E-state index contributed by atoms with van der Waals surface area (Å²) in [5, 5.41) is 9.85. The van der Waals surface area contributed by atoms with Gasteiger partial charge in [0.05, 0.1) is 11.9 Å². The average molecular weight is 210 g/mol. The summed E-state index contributed by atoms with van der Waals surface area (Å²) in [7, 11) is 1.82. The fourth-order valence-corrected chi connectivity index (χ4v) is 1.15. The van der Waals surface area contributed by atoms with Crippen molar-refractivity contribution in [1.82, 2.24) is 15.1 Å². The van der Waals surface area contributed by atoms with Gasteiger partial charge in [-0.2, -0.15) is 5.10 Å². The molecule has 1 rings (SSSR count). The Morgan fingerprint density at radius 3 is 2.87 bits per heavy atom. The highest BCUT2D eigenvalue weighted by Gasteiger charge is 2.05. The molecule has 15 heavy (non-hydrogen) atoms. The highest BCUT2D eigenvalue weighted by Crippen LogP contribution is 2.09. The van der Waals surface area contributed by atoms with Crippen LogP contribution in [0.1, 0.15) is 26.3 Å². The Morgan fingerprint density at radius 2 is 2.33 bits per heavy atom. The first-order chi connectivity index (χ1) is 7.13. The molecule has 1 amide bonds. The number of nitrogens with zero attached hydrogens (tertiary/aromatic N) is 2. The zero-order valence-electron chi connectivity index (χ0n) is 9.45.